The second kappa shape index (κ2) is 3.74. The molecule has 0 saturated heterocycles. The van der Waals surface area contributed by atoms with Gasteiger partial charge in [-0.05, 0) is 25.3 Å². The van der Waals surface area contributed by atoms with Crippen LogP contribution in [0, 0.1) is 0 Å². The van der Waals surface area contributed by atoms with Crippen LogP contribution in [-0.2, 0) is 6.42 Å². The first-order chi connectivity index (χ1) is 7.78. The molecule has 2 heterocycles. The lowest BCUT2D eigenvalue weighted by Gasteiger charge is -2.00. The van der Waals surface area contributed by atoms with E-state index in [1.165, 1.54) is 12.8 Å². The minimum atomic E-state index is 0.646. The number of halogens is 1. The highest BCUT2D eigenvalue weighted by Gasteiger charge is 2.26. The average molecular weight is 236 g/mol. The van der Waals surface area contributed by atoms with Crippen molar-refractivity contribution < 1.29 is 0 Å². The first kappa shape index (κ1) is 10.1. The Hall–Kier alpha value is -1.09. The molecule has 0 unspecified atom stereocenters. The Morgan fingerprint density at radius 1 is 1.44 bits per heavy atom. The minimum absolute atomic E-state index is 0.646. The van der Waals surface area contributed by atoms with Crippen LogP contribution in [0.1, 0.15) is 43.5 Å². The van der Waals surface area contributed by atoms with Gasteiger partial charge < -0.3 is 0 Å². The Morgan fingerprint density at radius 3 is 2.94 bits per heavy atom. The zero-order valence-electron chi connectivity index (χ0n) is 9.28. The van der Waals surface area contributed by atoms with Crippen LogP contribution in [0.2, 0.25) is 5.15 Å². The molecule has 2 aromatic rings. The lowest BCUT2D eigenvalue weighted by atomic mass is 10.2. The van der Waals surface area contributed by atoms with E-state index in [1.54, 1.807) is 4.52 Å². The number of aryl methyl sites for hydroxylation is 1. The monoisotopic (exact) mass is 235 g/mol. The molecule has 2 aromatic heterocycles. The van der Waals surface area contributed by atoms with Crippen LogP contribution < -0.4 is 0 Å². The number of hydrogen-bond donors (Lipinski definition) is 0. The predicted octanol–water partition coefficient (Wildman–Crippen LogP) is 3.21. The maximum atomic E-state index is 6.20. The van der Waals surface area contributed by atoms with E-state index in [-0.39, 0.29) is 0 Å². The Labute approximate surface area is 99.4 Å². The molecule has 0 amide bonds. The first-order valence-electron chi connectivity index (χ1n) is 5.83. The van der Waals surface area contributed by atoms with Gasteiger partial charge in [-0.15, -0.1) is 0 Å². The highest BCUT2D eigenvalue weighted by Crippen LogP contribution is 2.39. The van der Waals surface area contributed by atoms with E-state index in [9.17, 15) is 0 Å². The Morgan fingerprint density at radius 2 is 2.25 bits per heavy atom. The summed E-state index contributed by atoms with van der Waals surface area (Å²) in [5.41, 5.74) is 3.09. The van der Waals surface area contributed by atoms with Crippen LogP contribution in [-0.4, -0.2) is 14.6 Å². The fraction of sp³-hybridized carbons (Fsp3) is 0.500. The molecule has 0 aliphatic heterocycles. The zero-order chi connectivity index (χ0) is 11.1. The summed E-state index contributed by atoms with van der Waals surface area (Å²) in [5, 5.41) is 5.16. The molecule has 0 aromatic carbocycles. The molecule has 3 rings (SSSR count). The van der Waals surface area contributed by atoms with Crippen molar-refractivity contribution >= 4 is 17.2 Å². The molecule has 16 heavy (non-hydrogen) atoms. The van der Waals surface area contributed by atoms with Crippen molar-refractivity contribution in [2.75, 3.05) is 0 Å². The zero-order valence-corrected chi connectivity index (χ0v) is 10.0. The van der Waals surface area contributed by atoms with Gasteiger partial charge in [0.05, 0.1) is 5.69 Å². The third-order valence-electron chi connectivity index (χ3n) is 2.96. The number of rotatable bonds is 3. The fourth-order valence-electron chi connectivity index (χ4n) is 1.97. The van der Waals surface area contributed by atoms with E-state index < -0.39 is 0 Å². The van der Waals surface area contributed by atoms with Crippen LogP contribution >= 0.6 is 11.6 Å². The normalized spacial score (nSPS) is 15.9. The molecule has 1 aliphatic carbocycles. The number of hydrogen-bond acceptors (Lipinski definition) is 2. The maximum absolute atomic E-state index is 6.20. The van der Waals surface area contributed by atoms with E-state index in [0.29, 0.717) is 11.1 Å². The quantitative estimate of drug-likeness (QED) is 0.765. The van der Waals surface area contributed by atoms with Gasteiger partial charge in [0.1, 0.15) is 5.15 Å². The third-order valence-corrected chi connectivity index (χ3v) is 3.23. The summed E-state index contributed by atoms with van der Waals surface area (Å²) in [7, 11) is 0. The highest BCUT2D eigenvalue weighted by atomic mass is 35.5. The smallest absolute Gasteiger partial charge is 0.157 e. The molecule has 0 spiro atoms. The topological polar surface area (TPSA) is 30.2 Å². The van der Waals surface area contributed by atoms with Crippen molar-refractivity contribution in [3.05, 3.63) is 28.7 Å². The second-order valence-corrected chi connectivity index (χ2v) is 4.82. The van der Waals surface area contributed by atoms with Gasteiger partial charge in [-0.1, -0.05) is 24.9 Å². The molecule has 3 nitrogen and oxygen atoms in total. The van der Waals surface area contributed by atoms with E-state index in [2.05, 4.69) is 23.1 Å². The Balaban J connectivity index is 2.10. The molecular formula is C12H14ClN3. The molecular weight excluding hydrogens is 222 g/mol. The van der Waals surface area contributed by atoms with Crippen molar-refractivity contribution in [2.45, 2.75) is 38.5 Å². The Bertz CT molecular complexity index is 528. The van der Waals surface area contributed by atoms with Crippen LogP contribution in [0.4, 0.5) is 0 Å². The summed E-state index contributed by atoms with van der Waals surface area (Å²) in [6.07, 6.45) is 4.57. The molecule has 84 valence electrons. The van der Waals surface area contributed by atoms with Gasteiger partial charge >= 0.3 is 0 Å². The van der Waals surface area contributed by atoms with Crippen molar-refractivity contribution in [1.82, 2.24) is 14.6 Å². The molecule has 4 heteroatoms. The van der Waals surface area contributed by atoms with Crippen LogP contribution in [0.3, 0.4) is 0 Å². The molecule has 1 saturated carbocycles. The van der Waals surface area contributed by atoms with E-state index in [1.807, 2.05) is 6.07 Å². The van der Waals surface area contributed by atoms with Gasteiger partial charge in [0.25, 0.3) is 0 Å². The maximum Gasteiger partial charge on any atom is 0.157 e. The Kier molecular flexibility index (Phi) is 2.36. The van der Waals surface area contributed by atoms with Crippen molar-refractivity contribution in [1.29, 1.82) is 0 Å². The molecule has 1 aliphatic rings. The SMILES string of the molecule is CCCc1cc(Cl)n2nc(C3CC3)cc2n1. The van der Waals surface area contributed by atoms with Gasteiger partial charge in [0.15, 0.2) is 5.65 Å². The largest absolute Gasteiger partial charge is 0.233 e. The van der Waals surface area contributed by atoms with Crippen molar-refractivity contribution in [3.8, 4) is 0 Å². The standard InChI is InChI=1S/C12H14ClN3/c1-2-3-9-6-11(13)16-12(14-9)7-10(15-16)8-4-5-8/h6-8H,2-5H2,1H3. The summed E-state index contributed by atoms with van der Waals surface area (Å²) >= 11 is 6.20. The summed E-state index contributed by atoms with van der Waals surface area (Å²) in [5.74, 6) is 0.646. The van der Waals surface area contributed by atoms with Crippen LogP contribution in [0.15, 0.2) is 12.1 Å². The molecule has 0 bridgehead atoms. The van der Waals surface area contributed by atoms with E-state index in [0.717, 1.165) is 29.9 Å². The van der Waals surface area contributed by atoms with Gasteiger partial charge in [-0.25, -0.2) is 9.50 Å². The number of nitrogens with zero attached hydrogens (tertiary/aromatic N) is 3. The highest BCUT2D eigenvalue weighted by molar-refractivity contribution is 6.29. The molecule has 0 atom stereocenters. The fourth-order valence-corrected chi connectivity index (χ4v) is 2.22. The number of aromatic nitrogens is 3. The van der Waals surface area contributed by atoms with Gasteiger partial charge in [0, 0.05) is 17.7 Å². The van der Waals surface area contributed by atoms with Crippen LogP contribution in [0.25, 0.3) is 5.65 Å². The number of fused-ring (bicyclic) bond motifs is 1. The van der Waals surface area contributed by atoms with Crippen LogP contribution in [0.5, 0.6) is 0 Å². The minimum Gasteiger partial charge on any atom is -0.233 e. The van der Waals surface area contributed by atoms with Gasteiger partial charge in [-0.2, -0.15) is 5.10 Å². The lowest BCUT2D eigenvalue weighted by molar-refractivity contribution is 0.844. The van der Waals surface area contributed by atoms with Crippen molar-refractivity contribution in [3.63, 3.8) is 0 Å². The molecule has 0 N–H and O–H groups in total. The predicted molar refractivity (Wildman–Crippen MR) is 64.0 cm³/mol. The summed E-state index contributed by atoms with van der Waals surface area (Å²) < 4.78 is 1.74. The summed E-state index contributed by atoms with van der Waals surface area (Å²) in [4.78, 5) is 4.57. The average Bonchev–Trinajstić information content (AvgIpc) is 3.00. The van der Waals surface area contributed by atoms with Gasteiger partial charge in [-0.3, -0.25) is 0 Å². The van der Waals surface area contributed by atoms with Crippen molar-refractivity contribution in [2.24, 2.45) is 0 Å². The summed E-state index contributed by atoms with van der Waals surface area (Å²) in [6.45, 7) is 2.14. The lowest BCUT2D eigenvalue weighted by Crippen LogP contribution is -1.97. The second-order valence-electron chi connectivity index (χ2n) is 4.43. The summed E-state index contributed by atoms with van der Waals surface area (Å²) in [6, 6.07) is 3.99. The van der Waals surface area contributed by atoms with E-state index >= 15 is 0 Å². The third kappa shape index (κ3) is 1.69. The van der Waals surface area contributed by atoms with Gasteiger partial charge in [0.2, 0.25) is 0 Å². The molecule has 0 radical (unpaired) electrons. The molecule has 1 fully saturated rings. The van der Waals surface area contributed by atoms with E-state index in [4.69, 9.17) is 11.6 Å². The first-order valence-corrected chi connectivity index (χ1v) is 6.21.